The number of fused-ring (bicyclic) bond motifs is 2. The molecule has 0 saturated carbocycles. The van der Waals surface area contributed by atoms with Crippen molar-refractivity contribution in [2.45, 2.75) is 18.3 Å². The Labute approximate surface area is 193 Å². The summed E-state index contributed by atoms with van der Waals surface area (Å²) in [5.74, 6) is -0.909. The second-order valence-electron chi connectivity index (χ2n) is 7.73. The lowest BCUT2D eigenvalue weighted by Crippen LogP contribution is -2.34. The van der Waals surface area contributed by atoms with Crippen molar-refractivity contribution in [1.82, 2.24) is 4.98 Å². The number of aromatic amines is 1. The van der Waals surface area contributed by atoms with E-state index in [0.29, 0.717) is 38.1 Å². The standard InChI is InChI=1S/C25H16Cl3NO2/c26-15-7-9-20-17(11-15)24(30)23-21(29-20)12-16(14-6-8-18(27)19(28)10-14)22(25(23)31)13-4-2-1-3-5-13/h1-11,16,22H,12H2,(H,29,30). The Bertz CT molecular complexity index is 1400. The highest BCUT2D eigenvalue weighted by molar-refractivity contribution is 6.42. The van der Waals surface area contributed by atoms with Crippen molar-refractivity contribution in [1.29, 1.82) is 0 Å². The van der Waals surface area contributed by atoms with E-state index in [-0.39, 0.29) is 22.7 Å². The molecule has 0 fully saturated rings. The first-order valence-electron chi connectivity index (χ1n) is 9.82. The Balaban J connectivity index is 1.75. The third kappa shape index (κ3) is 3.47. The van der Waals surface area contributed by atoms with Crippen molar-refractivity contribution in [2.24, 2.45) is 0 Å². The number of aromatic nitrogens is 1. The van der Waals surface area contributed by atoms with Gasteiger partial charge in [-0.05, 0) is 47.9 Å². The van der Waals surface area contributed by atoms with Crippen LogP contribution in [0.5, 0.6) is 0 Å². The molecule has 0 spiro atoms. The Hall–Kier alpha value is -2.59. The number of ketones is 1. The molecule has 6 heteroatoms. The fourth-order valence-corrected chi connectivity index (χ4v) is 4.98. The number of nitrogens with one attached hydrogen (secondary N) is 1. The van der Waals surface area contributed by atoms with Crippen LogP contribution in [0.2, 0.25) is 15.1 Å². The number of hydrogen-bond acceptors (Lipinski definition) is 2. The number of hydrogen-bond donors (Lipinski definition) is 1. The van der Waals surface area contributed by atoms with Crippen LogP contribution >= 0.6 is 34.8 Å². The SMILES string of the molecule is O=C1c2c([nH]c3ccc(Cl)cc3c2=O)CC(c2ccc(Cl)c(Cl)c2)C1c1ccccc1. The zero-order valence-electron chi connectivity index (χ0n) is 16.2. The van der Waals surface area contributed by atoms with E-state index in [9.17, 15) is 9.59 Å². The quantitative estimate of drug-likeness (QED) is 0.352. The molecular weight excluding hydrogens is 453 g/mol. The summed E-state index contributed by atoms with van der Waals surface area (Å²) < 4.78 is 0. The Morgan fingerprint density at radius 3 is 2.32 bits per heavy atom. The molecule has 0 amide bonds. The molecule has 0 radical (unpaired) electrons. The normalized spacial score (nSPS) is 18.2. The van der Waals surface area contributed by atoms with Gasteiger partial charge in [0.1, 0.15) is 0 Å². The number of H-pyrrole nitrogens is 1. The van der Waals surface area contributed by atoms with E-state index >= 15 is 0 Å². The van der Waals surface area contributed by atoms with Gasteiger partial charge in [-0.25, -0.2) is 0 Å². The minimum Gasteiger partial charge on any atom is -0.358 e. The number of carbonyl (C=O) groups is 1. The number of benzene rings is 3. The average Bonchev–Trinajstić information content (AvgIpc) is 2.76. The lowest BCUT2D eigenvalue weighted by molar-refractivity contribution is 0.0933. The summed E-state index contributed by atoms with van der Waals surface area (Å²) in [6, 6.07) is 20.1. The van der Waals surface area contributed by atoms with Crippen LogP contribution < -0.4 is 5.43 Å². The van der Waals surface area contributed by atoms with Gasteiger partial charge < -0.3 is 4.98 Å². The van der Waals surface area contributed by atoms with Gasteiger partial charge in [0, 0.05) is 27.5 Å². The van der Waals surface area contributed by atoms with Crippen molar-refractivity contribution in [3.05, 3.63) is 114 Å². The van der Waals surface area contributed by atoms with E-state index in [1.54, 1.807) is 24.3 Å². The van der Waals surface area contributed by atoms with Crippen LogP contribution in [0.25, 0.3) is 10.9 Å². The first kappa shape index (κ1) is 20.3. The summed E-state index contributed by atoms with van der Waals surface area (Å²) in [6.07, 6.45) is 0.492. The van der Waals surface area contributed by atoms with Gasteiger partial charge in [-0.2, -0.15) is 0 Å². The molecule has 1 N–H and O–H groups in total. The van der Waals surface area contributed by atoms with Crippen molar-refractivity contribution in [2.75, 3.05) is 0 Å². The fraction of sp³-hybridized carbons (Fsp3) is 0.120. The van der Waals surface area contributed by atoms with Crippen molar-refractivity contribution >= 4 is 51.5 Å². The van der Waals surface area contributed by atoms with Crippen LogP contribution in [0.3, 0.4) is 0 Å². The molecule has 31 heavy (non-hydrogen) atoms. The van der Waals surface area contributed by atoms with E-state index < -0.39 is 5.92 Å². The van der Waals surface area contributed by atoms with E-state index in [4.69, 9.17) is 34.8 Å². The van der Waals surface area contributed by atoms with E-state index in [1.807, 2.05) is 42.5 Å². The maximum absolute atomic E-state index is 13.8. The van der Waals surface area contributed by atoms with Gasteiger partial charge in [-0.3, -0.25) is 9.59 Å². The van der Waals surface area contributed by atoms with Gasteiger partial charge >= 0.3 is 0 Å². The lowest BCUT2D eigenvalue weighted by atomic mass is 9.70. The minimum absolute atomic E-state index is 0.197. The van der Waals surface area contributed by atoms with E-state index in [1.165, 1.54) is 0 Å². The van der Waals surface area contributed by atoms with Crippen molar-refractivity contribution in [3.8, 4) is 0 Å². The predicted molar refractivity (Wildman–Crippen MR) is 126 cm³/mol. The molecule has 4 aromatic rings. The molecule has 2 unspecified atom stereocenters. The largest absolute Gasteiger partial charge is 0.358 e. The van der Waals surface area contributed by atoms with Crippen LogP contribution in [-0.2, 0) is 6.42 Å². The molecule has 154 valence electrons. The molecule has 5 rings (SSSR count). The van der Waals surface area contributed by atoms with E-state index in [2.05, 4.69) is 4.98 Å². The third-order valence-electron chi connectivity index (χ3n) is 5.93. The van der Waals surface area contributed by atoms with Crippen LogP contribution in [0.4, 0.5) is 0 Å². The number of Topliss-reactive ketones (excluding diaryl/α,β-unsaturated/α-hetero) is 1. The van der Waals surface area contributed by atoms with Gasteiger partial charge in [-0.1, -0.05) is 71.2 Å². The summed E-state index contributed by atoms with van der Waals surface area (Å²) >= 11 is 18.5. The first-order valence-corrected chi connectivity index (χ1v) is 11.0. The van der Waals surface area contributed by atoms with Gasteiger partial charge in [0.2, 0.25) is 5.43 Å². The molecule has 3 nitrogen and oxygen atoms in total. The van der Waals surface area contributed by atoms with Crippen molar-refractivity contribution in [3.63, 3.8) is 0 Å². The zero-order chi connectivity index (χ0) is 21.7. The number of halogens is 3. The molecule has 0 aliphatic heterocycles. The summed E-state index contributed by atoms with van der Waals surface area (Å²) in [5, 5.41) is 1.76. The lowest BCUT2D eigenvalue weighted by Gasteiger charge is -2.32. The number of carbonyl (C=O) groups excluding carboxylic acids is 1. The summed E-state index contributed by atoms with van der Waals surface area (Å²) in [5.41, 5.74) is 2.98. The molecule has 1 heterocycles. The topological polar surface area (TPSA) is 49.9 Å². The highest BCUT2D eigenvalue weighted by Gasteiger charge is 2.39. The van der Waals surface area contributed by atoms with E-state index in [0.717, 1.165) is 11.1 Å². The third-order valence-corrected chi connectivity index (χ3v) is 6.90. The molecule has 1 aliphatic rings. The molecule has 0 bridgehead atoms. The maximum atomic E-state index is 13.8. The summed E-state index contributed by atoms with van der Waals surface area (Å²) in [4.78, 5) is 30.4. The maximum Gasteiger partial charge on any atom is 0.200 e. The zero-order valence-corrected chi connectivity index (χ0v) is 18.4. The van der Waals surface area contributed by atoms with Gasteiger partial charge in [-0.15, -0.1) is 0 Å². The Morgan fingerprint density at radius 2 is 1.58 bits per heavy atom. The molecule has 1 aliphatic carbocycles. The monoisotopic (exact) mass is 467 g/mol. The number of rotatable bonds is 2. The van der Waals surface area contributed by atoms with Crippen LogP contribution in [0.1, 0.15) is 39.0 Å². The van der Waals surface area contributed by atoms with Crippen LogP contribution in [0, 0.1) is 0 Å². The Kier molecular flexibility index (Phi) is 5.13. The molecule has 2 atom stereocenters. The highest BCUT2D eigenvalue weighted by Crippen LogP contribution is 2.43. The smallest absolute Gasteiger partial charge is 0.200 e. The second kappa shape index (κ2) is 7.83. The summed E-state index contributed by atoms with van der Waals surface area (Å²) in [7, 11) is 0. The highest BCUT2D eigenvalue weighted by atomic mass is 35.5. The van der Waals surface area contributed by atoms with Gasteiger partial charge in [0.05, 0.1) is 21.5 Å². The molecule has 3 aromatic carbocycles. The van der Waals surface area contributed by atoms with Crippen LogP contribution in [0.15, 0.2) is 71.5 Å². The average molecular weight is 469 g/mol. The molecule has 1 aromatic heterocycles. The first-order chi connectivity index (χ1) is 14.9. The second-order valence-corrected chi connectivity index (χ2v) is 8.99. The van der Waals surface area contributed by atoms with Gasteiger partial charge in [0.15, 0.2) is 5.78 Å². The fourth-order valence-electron chi connectivity index (χ4n) is 4.50. The molecular formula is C25H16Cl3NO2. The van der Waals surface area contributed by atoms with Crippen molar-refractivity contribution < 1.29 is 4.79 Å². The molecule has 0 saturated heterocycles. The van der Waals surface area contributed by atoms with Gasteiger partial charge in [0.25, 0.3) is 0 Å². The number of pyridine rings is 1. The van der Waals surface area contributed by atoms with Crippen LogP contribution in [-0.4, -0.2) is 10.8 Å². The summed E-state index contributed by atoms with van der Waals surface area (Å²) in [6.45, 7) is 0. The minimum atomic E-state index is -0.510. The Morgan fingerprint density at radius 1 is 0.806 bits per heavy atom. The predicted octanol–water partition coefficient (Wildman–Crippen LogP) is 6.79.